The van der Waals surface area contributed by atoms with E-state index in [1.54, 1.807) is 16.0 Å². The van der Waals surface area contributed by atoms with Crippen molar-refractivity contribution in [1.29, 1.82) is 0 Å². The zero-order valence-corrected chi connectivity index (χ0v) is 13.5. The lowest BCUT2D eigenvalue weighted by Gasteiger charge is -2.13. The van der Waals surface area contributed by atoms with Crippen LogP contribution in [0.15, 0.2) is 33.4 Å². The molecule has 0 aliphatic heterocycles. The summed E-state index contributed by atoms with van der Waals surface area (Å²) in [6, 6.07) is 2.77. The minimum Gasteiger partial charge on any atom is -0.292 e. The third kappa shape index (κ3) is 2.15. The molecule has 6 nitrogen and oxygen atoms in total. The molecular formula is C12H10ClN3O3S2. The Balaban J connectivity index is 2.48. The maximum atomic E-state index is 12.2. The lowest BCUT2D eigenvalue weighted by atomic mass is 10.2. The van der Waals surface area contributed by atoms with Crippen molar-refractivity contribution >= 4 is 48.8 Å². The molecule has 0 saturated heterocycles. The number of hydrogen-bond donors (Lipinski definition) is 0. The standard InChI is InChI=1S/C12H10ClN3O3S2/c1-15(2)21(18,19)10-5-7-9(6-8(10)13)16-3-4-20-12(16)14-11(7)17/h3-6H,1-2H3. The zero-order chi connectivity index (χ0) is 15.4. The van der Waals surface area contributed by atoms with Crippen LogP contribution in [0.1, 0.15) is 0 Å². The summed E-state index contributed by atoms with van der Waals surface area (Å²) in [4.78, 5) is 16.5. The number of hydrogen-bond acceptors (Lipinski definition) is 5. The van der Waals surface area contributed by atoms with Crippen molar-refractivity contribution in [1.82, 2.24) is 13.7 Å². The molecule has 0 unspecified atom stereocenters. The summed E-state index contributed by atoms with van der Waals surface area (Å²) in [5.41, 5.74) is 0.0632. The molecule has 9 heteroatoms. The Morgan fingerprint density at radius 2 is 2.05 bits per heavy atom. The molecule has 110 valence electrons. The first kappa shape index (κ1) is 14.5. The van der Waals surface area contributed by atoms with E-state index >= 15 is 0 Å². The van der Waals surface area contributed by atoms with Crippen LogP contribution >= 0.6 is 22.9 Å². The summed E-state index contributed by atoms with van der Waals surface area (Å²) in [7, 11) is -0.916. The van der Waals surface area contributed by atoms with Gasteiger partial charge in [-0.1, -0.05) is 11.6 Å². The average Bonchev–Trinajstić information content (AvgIpc) is 2.86. The van der Waals surface area contributed by atoms with Crippen LogP contribution < -0.4 is 5.56 Å². The highest BCUT2D eigenvalue weighted by molar-refractivity contribution is 7.89. The van der Waals surface area contributed by atoms with Crippen LogP contribution in [0.2, 0.25) is 5.02 Å². The molecule has 0 N–H and O–H groups in total. The summed E-state index contributed by atoms with van der Waals surface area (Å²) < 4.78 is 27.2. The highest BCUT2D eigenvalue weighted by Gasteiger charge is 2.22. The molecule has 0 aliphatic rings. The van der Waals surface area contributed by atoms with Crippen LogP contribution in [0.3, 0.4) is 0 Å². The maximum Gasteiger partial charge on any atom is 0.281 e. The smallest absolute Gasteiger partial charge is 0.281 e. The number of benzene rings is 1. The topological polar surface area (TPSA) is 71.8 Å². The van der Waals surface area contributed by atoms with Crippen molar-refractivity contribution in [3.05, 3.63) is 39.1 Å². The van der Waals surface area contributed by atoms with Gasteiger partial charge >= 0.3 is 0 Å². The van der Waals surface area contributed by atoms with E-state index in [4.69, 9.17) is 11.6 Å². The van der Waals surface area contributed by atoms with Gasteiger partial charge in [-0.2, -0.15) is 4.98 Å². The van der Waals surface area contributed by atoms with E-state index in [0.29, 0.717) is 10.5 Å². The Morgan fingerprint density at radius 3 is 2.71 bits per heavy atom. The van der Waals surface area contributed by atoms with Gasteiger partial charge in [0.2, 0.25) is 10.0 Å². The van der Waals surface area contributed by atoms with E-state index < -0.39 is 15.6 Å². The quantitative estimate of drug-likeness (QED) is 0.711. The number of fused-ring (bicyclic) bond motifs is 3. The minimum absolute atomic E-state index is 0.0711. The second-order valence-electron chi connectivity index (χ2n) is 4.56. The molecule has 21 heavy (non-hydrogen) atoms. The first-order valence-electron chi connectivity index (χ1n) is 5.84. The normalized spacial score (nSPS) is 12.6. The number of sulfonamides is 1. The highest BCUT2D eigenvalue weighted by atomic mass is 35.5. The SMILES string of the molecule is CN(C)S(=O)(=O)c1cc2c(=O)nc3sccn3c2cc1Cl. The van der Waals surface area contributed by atoms with Gasteiger partial charge in [-0.05, 0) is 12.1 Å². The molecule has 2 aromatic heterocycles. The predicted octanol–water partition coefficient (Wildman–Crippen LogP) is 1.81. The van der Waals surface area contributed by atoms with Crippen molar-refractivity contribution in [2.45, 2.75) is 4.90 Å². The van der Waals surface area contributed by atoms with Gasteiger partial charge in [-0.15, -0.1) is 11.3 Å². The number of aromatic nitrogens is 2. The fourth-order valence-electron chi connectivity index (χ4n) is 1.99. The summed E-state index contributed by atoms with van der Waals surface area (Å²) in [5, 5.41) is 2.08. The molecule has 0 amide bonds. The molecule has 3 rings (SSSR count). The Labute approximate surface area is 129 Å². The maximum absolute atomic E-state index is 12.2. The fraction of sp³-hybridized carbons (Fsp3) is 0.167. The number of nitrogens with zero attached hydrogens (tertiary/aromatic N) is 3. The van der Waals surface area contributed by atoms with E-state index in [2.05, 4.69) is 4.98 Å². The summed E-state index contributed by atoms with van der Waals surface area (Å²) in [6.07, 6.45) is 1.76. The van der Waals surface area contributed by atoms with Crippen LogP contribution in [-0.2, 0) is 10.0 Å². The molecule has 0 atom stereocenters. The van der Waals surface area contributed by atoms with Gasteiger partial charge in [0.1, 0.15) is 4.90 Å². The van der Waals surface area contributed by atoms with Crippen molar-refractivity contribution in [2.24, 2.45) is 0 Å². The monoisotopic (exact) mass is 343 g/mol. The van der Waals surface area contributed by atoms with E-state index in [-0.39, 0.29) is 15.3 Å². The molecule has 3 aromatic rings. The van der Waals surface area contributed by atoms with Crippen LogP contribution in [0.25, 0.3) is 15.9 Å². The van der Waals surface area contributed by atoms with Gasteiger partial charge < -0.3 is 0 Å². The van der Waals surface area contributed by atoms with E-state index in [9.17, 15) is 13.2 Å². The number of halogens is 1. The van der Waals surface area contributed by atoms with Crippen molar-refractivity contribution in [3.8, 4) is 0 Å². The average molecular weight is 344 g/mol. The molecule has 0 saturated carbocycles. The van der Waals surface area contributed by atoms with Gasteiger partial charge in [0.15, 0.2) is 4.96 Å². The summed E-state index contributed by atoms with van der Waals surface area (Å²) in [6.45, 7) is 0. The predicted molar refractivity (Wildman–Crippen MR) is 82.7 cm³/mol. The first-order valence-corrected chi connectivity index (χ1v) is 8.54. The van der Waals surface area contributed by atoms with Crippen LogP contribution in [0, 0.1) is 0 Å². The first-order chi connectivity index (χ1) is 9.82. The third-order valence-electron chi connectivity index (χ3n) is 3.09. The van der Waals surface area contributed by atoms with Crippen LogP contribution in [-0.4, -0.2) is 36.2 Å². The van der Waals surface area contributed by atoms with E-state index in [1.807, 2.05) is 0 Å². The van der Waals surface area contributed by atoms with E-state index in [0.717, 1.165) is 4.31 Å². The van der Waals surface area contributed by atoms with Gasteiger partial charge in [0.05, 0.1) is 15.9 Å². The molecule has 0 radical (unpaired) electrons. The van der Waals surface area contributed by atoms with Crippen molar-refractivity contribution in [2.75, 3.05) is 14.1 Å². The van der Waals surface area contributed by atoms with Crippen molar-refractivity contribution in [3.63, 3.8) is 0 Å². The second kappa shape index (κ2) is 4.77. The highest BCUT2D eigenvalue weighted by Crippen LogP contribution is 2.28. The van der Waals surface area contributed by atoms with Gasteiger partial charge in [-0.3, -0.25) is 9.20 Å². The Kier molecular flexibility index (Phi) is 3.28. The van der Waals surface area contributed by atoms with Crippen LogP contribution in [0.5, 0.6) is 0 Å². The number of rotatable bonds is 2. The molecule has 1 aromatic carbocycles. The Bertz CT molecular complexity index is 1020. The van der Waals surface area contributed by atoms with E-state index in [1.165, 1.54) is 37.6 Å². The van der Waals surface area contributed by atoms with Gasteiger partial charge in [0, 0.05) is 25.7 Å². The molecule has 0 fully saturated rings. The largest absolute Gasteiger partial charge is 0.292 e. The zero-order valence-electron chi connectivity index (χ0n) is 11.1. The molecule has 0 spiro atoms. The van der Waals surface area contributed by atoms with Crippen molar-refractivity contribution < 1.29 is 8.42 Å². The summed E-state index contributed by atoms with van der Waals surface area (Å²) in [5.74, 6) is 0. The second-order valence-corrected chi connectivity index (χ2v) is 7.96. The lowest BCUT2D eigenvalue weighted by Crippen LogP contribution is -2.23. The molecular weight excluding hydrogens is 334 g/mol. The van der Waals surface area contributed by atoms with Gasteiger partial charge in [-0.25, -0.2) is 12.7 Å². The fourth-order valence-corrected chi connectivity index (χ4v) is 4.12. The molecule has 0 aliphatic carbocycles. The third-order valence-corrected chi connectivity index (χ3v) is 6.12. The lowest BCUT2D eigenvalue weighted by molar-refractivity contribution is 0.521. The minimum atomic E-state index is -3.73. The van der Waals surface area contributed by atoms with Gasteiger partial charge in [0.25, 0.3) is 5.56 Å². The summed E-state index contributed by atoms with van der Waals surface area (Å²) >= 11 is 7.43. The Hall–Kier alpha value is -1.48. The Morgan fingerprint density at radius 1 is 1.33 bits per heavy atom. The number of thiazole rings is 1. The molecule has 0 bridgehead atoms. The van der Waals surface area contributed by atoms with Crippen LogP contribution in [0.4, 0.5) is 0 Å². The molecule has 2 heterocycles.